The van der Waals surface area contributed by atoms with E-state index in [1.807, 2.05) is 4.90 Å². The maximum absolute atomic E-state index is 12.3. The number of carbonyl (C=O) groups is 1. The summed E-state index contributed by atoms with van der Waals surface area (Å²) in [5.41, 5.74) is 4.45. The van der Waals surface area contributed by atoms with Gasteiger partial charge < -0.3 is 4.90 Å². The third kappa shape index (κ3) is 3.71. The number of hydrogen-bond acceptors (Lipinski definition) is 6. The second-order valence-corrected chi connectivity index (χ2v) is 7.61. The van der Waals surface area contributed by atoms with Crippen molar-refractivity contribution in [3.8, 4) is 0 Å². The molecule has 0 atom stereocenters. The molecule has 0 N–H and O–H groups in total. The van der Waals surface area contributed by atoms with Gasteiger partial charge in [-0.05, 0) is 31.2 Å². The maximum atomic E-state index is 12.3. The second-order valence-electron chi connectivity index (χ2n) is 6.89. The summed E-state index contributed by atoms with van der Waals surface area (Å²) in [6.45, 7) is 4.41. The first-order valence-electron chi connectivity index (χ1n) is 9.20. The molecule has 0 saturated carbocycles. The normalized spacial score (nSPS) is 17.9. The van der Waals surface area contributed by atoms with Crippen molar-refractivity contribution in [2.75, 3.05) is 32.7 Å². The second kappa shape index (κ2) is 7.67. The molecule has 4 rings (SSSR count). The van der Waals surface area contributed by atoms with Gasteiger partial charge in [-0.25, -0.2) is 9.67 Å². The van der Waals surface area contributed by atoms with Crippen LogP contribution >= 0.6 is 11.3 Å². The van der Waals surface area contributed by atoms with Crippen LogP contribution < -0.4 is 5.56 Å². The zero-order chi connectivity index (χ0) is 17.9. The van der Waals surface area contributed by atoms with E-state index in [4.69, 9.17) is 0 Å². The summed E-state index contributed by atoms with van der Waals surface area (Å²) in [5.74, 6) is 0.0125. The predicted molar refractivity (Wildman–Crippen MR) is 99.6 cm³/mol. The van der Waals surface area contributed by atoms with Crippen molar-refractivity contribution in [2.45, 2.75) is 32.2 Å². The highest BCUT2D eigenvalue weighted by atomic mass is 32.1. The first-order chi connectivity index (χ1) is 12.7. The Morgan fingerprint density at radius 2 is 1.92 bits per heavy atom. The van der Waals surface area contributed by atoms with Crippen LogP contribution in [0.2, 0.25) is 0 Å². The smallest absolute Gasteiger partial charge is 0.273 e. The molecule has 1 aliphatic heterocycles. The van der Waals surface area contributed by atoms with Crippen LogP contribution in [0.15, 0.2) is 21.8 Å². The quantitative estimate of drug-likeness (QED) is 0.801. The van der Waals surface area contributed by atoms with Gasteiger partial charge in [0.25, 0.3) is 11.5 Å². The summed E-state index contributed by atoms with van der Waals surface area (Å²) in [6, 6.07) is 1.77. The molecule has 0 radical (unpaired) electrons. The number of aryl methyl sites for hydroxylation is 2. The van der Waals surface area contributed by atoms with Crippen LogP contribution in [0.3, 0.4) is 0 Å². The van der Waals surface area contributed by atoms with E-state index in [9.17, 15) is 9.59 Å². The van der Waals surface area contributed by atoms with Gasteiger partial charge in [0.05, 0.1) is 17.7 Å². The highest BCUT2D eigenvalue weighted by molar-refractivity contribution is 7.07. The molecule has 138 valence electrons. The molecule has 26 heavy (non-hydrogen) atoms. The fourth-order valence-corrected chi connectivity index (χ4v) is 4.18. The van der Waals surface area contributed by atoms with Crippen molar-refractivity contribution >= 4 is 17.2 Å². The number of thiazole rings is 1. The molecule has 7 nitrogen and oxygen atoms in total. The molecule has 1 saturated heterocycles. The summed E-state index contributed by atoms with van der Waals surface area (Å²) < 4.78 is 1.61. The highest BCUT2D eigenvalue weighted by Gasteiger charge is 2.23. The highest BCUT2D eigenvalue weighted by Crippen LogP contribution is 2.17. The molecule has 0 spiro atoms. The first-order valence-corrected chi connectivity index (χ1v) is 10.1. The molecule has 8 heteroatoms. The van der Waals surface area contributed by atoms with Gasteiger partial charge >= 0.3 is 0 Å². The van der Waals surface area contributed by atoms with Crippen LogP contribution in [-0.4, -0.2) is 63.2 Å². The Morgan fingerprint density at radius 3 is 2.69 bits per heavy atom. The van der Waals surface area contributed by atoms with Gasteiger partial charge in [-0.1, -0.05) is 0 Å². The van der Waals surface area contributed by atoms with E-state index < -0.39 is 0 Å². The molecular weight excluding hydrogens is 350 g/mol. The lowest BCUT2D eigenvalue weighted by atomic mass is 9.97. The molecule has 0 unspecified atom stereocenters. The number of carbonyl (C=O) groups excluding carboxylic acids is 1. The summed E-state index contributed by atoms with van der Waals surface area (Å²) >= 11 is 1.44. The lowest BCUT2D eigenvalue weighted by molar-refractivity contribution is 0.0626. The molecule has 2 aromatic rings. The molecule has 1 fully saturated rings. The summed E-state index contributed by atoms with van der Waals surface area (Å²) in [5, 5.41) is 6.37. The first kappa shape index (κ1) is 17.4. The number of hydrogen-bond donors (Lipinski definition) is 0. The Hall–Kier alpha value is -2.06. The van der Waals surface area contributed by atoms with E-state index in [0.29, 0.717) is 25.3 Å². The van der Waals surface area contributed by atoms with Crippen LogP contribution in [0.25, 0.3) is 0 Å². The lowest BCUT2D eigenvalue weighted by Gasteiger charge is -2.34. The molecular formula is C18H23N5O2S. The number of nitrogens with zero attached hydrogens (tertiary/aromatic N) is 5. The number of aromatic nitrogens is 3. The summed E-state index contributed by atoms with van der Waals surface area (Å²) in [6.07, 6.45) is 4.27. The maximum Gasteiger partial charge on any atom is 0.273 e. The molecule has 1 amide bonds. The van der Waals surface area contributed by atoms with Gasteiger partial charge in [0.2, 0.25) is 0 Å². The third-order valence-electron chi connectivity index (χ3n) is 5.21. The number of amides is 1. The molecule has 0 bridgehead atoms. The molecule has 2 aliphatic rings. The number of rotatable bonds is 4. The Kier molecular flexibility index (Phi) is 5.12. The fraction of sp³-hybridized carbons (Fsp3) is 0.556. The molecule has 1 aliphatic carbocycles. The Morgan fingerprint density at radius 1 is 1.12 bits per heavy atom. The molecule has 0 aromatic carbocycles. The summed E-state index contributed by atoms with van der Waals surface area (Å²) in [4.78, 5) is 32.8. The molecule has 3 heterocycles. The SMILES string of the molecule is O=C(c1cscn1)N1CCN(CCn2nc3c(cc2=O)CCCC3)CC1. The lowest BCUT2D eigenvalue weighted by Crippen LogP contribution is -2.49. The van der Waals surface area contributed by atoms with E-state index in [1.54, 1.807) is 21.6 Å². The van der Waals surface area contributed by atoms with Gasteiger partial charge in [-0.2, -0.15) is 5.10 Å². The predicted octanol–water partition coefficient (Wildman–Crippen LogP) is 1.04. The van der Waals surface area contributed by atoms with Crippen molar-refractivity contribution in [2.24, 2.45) is 0 Å². The van der Waals surface area contributed by atoms with E-state index in [2.05, 4.69) is 15.0 Å². The minimum Gasteiger partial charge on any atom is -0.335 e. The largest absolute Gasteiger partial charge is 0.335 e. The number of fused-ring (bicyclic) bond motifs is 1. The van der Waals surface area contributed by atoms with Gasteiger partial charge in [-0.15, -0.1) is 11.3 Å². The van der Waals surface area contributed by atoms with Gasteiger partial charge in [0.15, 0.2) is 0 Å². The standard InChI is InChI=1S/C18H23N5O2S/c24-17-11-14-3-1-2-4-15(14)20-23(17)10-7-21-5-8-22(9-6-21)18(25)16-12-26-13-19-16/h11-13H,1-10H2. The fourth-order valence-electron chi connectivity index (χ4n) is 3.65. The zero-order valence-electron chi connectivity index (χ0n) is 14.8. The Balaban J connectivity index is 1.31. The molecule has 2 aromatic heterocycles. The topological polar surface area (TPSA) is 71.3 Å². The van der Waals surface area contributed by atoms with Crippen molar-refractivity contribution in [3.05, 3.63) is 44.3 Å². The van der Waals surface area contributed by atoms with Gasteiger partial charge in [0.1, 0.15) is 5.69 Å². The van der Waals surface area contributed by atoms with Crippen molar-refractivity contribution in [1.29, 1.82) is 0 Å². The van der Waals surface area contributed by atoms with Gasteiger partial charge in [0, 0.05) is 44.2 Å². The van der Waals surface area contributed by atoms with E-state index in [-0.39, 0.29) is 11.5 Å². The Bertz CT molecular complexity index is 825. The average Bonchev–Trinajstić information content (AvgIpc) is 3.21. The van der Waals surface area contributed by atoms with Crippen LogP contribution in [0.5, 0.6) is 0 Å². The van der Waals surface area contributed by atoms with Gasteiger partial charge in [-0.3, -0.25) is 14.5 Å². The van der Waals surface area contributed by atoms with Crippen molar-refractivity contribution < 1.29 is 4.79 Å². The van der Waals surface area contributed by atoms with E-state index >= 15 is 0 Å². The van der Waals surface area contributed by atoms with Crippen LogP contribution in [0.4, 0.5) is 0 Å². The van der Waals surface area contributed by atoms with Crippen LogP contribution in [0.1, 0.15) is 34.6 Å². The van der Waals surface area contributed by atoms with Crippen LogP contribution in [0, 0.1) is 0 Å². The minimum absolute atomic E-state index is 0.00277. The van der Waals surface area contributed by atoms with Crippen LogP contribution in [-0.2, 0) is 19.4 Å². The van der Waals surface area contributed by atoms with Crippen molar-refractivity contribution in [3.63, 3.8) is 0 Å². The number of piperazine rings is 1. The Labute approximate surface area is 156 Å². The zero-order valence-corrected chi connectivity index (χ0v) is 15.6. The average molecular weight is 373 g/mol. The van der Waals surface area contributed by atoms with E-state index in [0.717, 1.165) is 56.6 Å². The minimum atomic E-state index is 0.00277. The summed E-state index contributed by atoms with van der Waals surface area (Å²) in [7, 11) is 0. The monoisotopic (exact) mass is 373 g/mol. The third-order valence-corrected chi connectivity index (χ3v) is 5.80. The van der Waals surface area contributed by atoms with E-state index in [1.165, 1.54) is 11.3 Å². The van der Waals surface area contributed by atoms with Crippen molar-refractivity contribution in [1.82, 2.24) is 24.6 Å².